The van der Waals surface area contributed by atoms with Crippen molar-refractivity contribution in [2.75, 3.05) is 0 Å². The van der Waals surface area contributed by atoms with Gasteiger partial charge in [0.05, 0.1) is 0 Å². The highest BCUT2D eigenvalue weighted by molar-refractivity contribution is 5.48. The molecule has 20 heavy (non-hydrogen) atoms. The van der Waals surface area contributed by atoms with Gasteiger partial charge < -0.3 is 4.79 Å². The van der Waals surface area contributed by atoms with Crippen molar-refractivity contribution in [1.29, 1.82) is 0 Å². The van der Waals surface area contributed by atoms with Crippen molar-refractivity contribution in [2.24, 2.45) is 11.8 Å². The molecular formula is C19H38O. The Morgan fingerprint density at radius 3 is 1.80 bits per heavy atom. The second kappa shape index (κ2) is 15.1. The molecule has 2 atom stereocenters. The van der Waals surface area contributed by atoms with Gasteiger partial charge in [0, 0.05) is 6.42 Å². The summed E-state index contributed by atoms with van der Waals surface area (Å²) >= 11 is 0. The zero-order valence-electron chi connectivity index (χ0n) is 14.3. The third-order valence-electron chi connectivity index (χ3n) is 4.46. The van der Waals surface area contributed by atoms with Crippen LogP contribution in [-0.4, -0.2) is 6.29 Å². The van der Waals surface area contributed by atoms with E-state index in [0.29, 0.717) is 0 Å². The molecule has 0 saturated carbocycles. The first-order valence-corrected chi connectivity index (χ1v) is 9.14. The Morgan fingerprint density at radius 1 is 0.700 bits per heavy atom. The van der Waals surface area contributed by atoms with E-state index in [1.807, 2.05) is 0 Å². The molecule has 0 heterocycles. The van der Waals surface area contributed by atoms with Crippen LogP contribution in [-0.2, 0) is 4.79 Å². The molecule has 0 rings (SSSR count). The van der Waals surface area contributed by atoms with Crippen molar-refractivity contribution >= 4 is 6.29 Å². The van der Waals surface area contributed by atoms with E-state index in [4.69, 9.17) is 0 Å². The number of hydrogen-bond acceptors (Lipinski definition) is 1. The van der Waals surface area contributed by atoms with E-state index in [2.05, 4.69) is 20.8 Å². The number of unbranched alkanes of at least 4 members (excludes halogenated alkanes) is 6. The van der Waals surface area contributed by atoms with Gasteiger partial charge in [-0.1, -0.05) is 91.4 Å². The van der Waals surface area contributed by atoms with Gasteiger partial charge in [-0.15, -0.1) is 0 Å². The minimum absolute atomic E-state index is 0.757. The molecule has 0 N–H and O–H groups in total. The predicted octanol–water partition coefficient (Wildman–Crippen LogP) is 6.55. The average Bonchev–Trinajstić information content (AvgIpc) is 2.44. The fraction of sp³-hybridized carbons (Fsp3) is 0.947. The lowest BCUT2D eigenvalue weighted by Crippen LogP contribution is -1.99. The van der Waals surface area contributed by atoms with E-state index >= 15 is 0 Å². The molecule has 0 aromatic rings. The van der Waals surface area contributed by atoms with Crippen molar-refractivity contribution in [3.8, 4) is 0 Å². The van der Waals surface area contributed by atoms with Crippen LogP contribution < -0.4 is 0 Å². The fourth-order valence-electron chi connectivity index (χ4n) is 2.91. The molecule has 0 aliphatic heterocycles. The van der Waals surface area contributed by atoms with E-state index in [1.165, 1.54) is 70.6 Å². The molecule has 0 fully saturated rings. The minimum atomic E-state index is 0.757. The molecule has 0 aromatic carbocycles. The van der Waals surface area contributed by atoms with Gasteiger partial charge in [0.25, 0.3) is 0 Å². The molecule has 0 aromatic heterocycles. The number of hydrogen-bond donors (Lipinski definition) is 0. The number of aldehydes is 1. The second-order valence-electron chi connectivity index (χ2n) is 6.80. The molecule has 0 unspecified atom stereocenters. The molecule has 0 saturated heterocycles. The van der Waals surface area contributed by atoms with Gasteiger partial charge >= 0.3 is 0 Å². The second-order valence-corrected chi connectivity index (χ2v) is 6.80. The molecule has 0 amide bonds. The summed E-state index contributed by atoms with van der Waals surface area (Å²) in [6.07, 6.45) is 18.0. The Labute approximate surface area is 127 Å². The molecule has 0 bridgehead atoms. The summed E-state index contributed by atoms with van der Waals surface area (Å²) in [6, 6.07) is 0. The van der Waals surface area contributed by atoms with Crippen LogP contribution in [0.4, 0.5) is 0 Å². The Morgan fingerprint density at radius 2 is 1.20 bits per heavy atom. The van der Waals surface area contributed by atoms with E-state index in [9.17, 15) is 4.79 Å². The number of carbonyl (C=O) groups excluding carboxylic acids is 1. The summed E-state index contributed by atoms with van der Waals surface area (Å²) in [6.45, 7) is 7.12. The lowest BCUT2D eigenvalue weighted by molar-refractivity contribution is -0.107. The molecule has 1 nitrogen and oxygen atoms in total. The SMILES string of the molecule is CCCC[C@@H](C)CCC[C@H](C)CCCCCCCC=O. The van der Waals surface area contributed by atoms with Crippen LogP contribution in [0.25, 0.3) is 0 Å². The Balaban J connectivity index is 3.27. The Hall–Kier alpha value is -0.330. The van der Waals surface area contributed by atoms with Gasteiger partial charge in [0.1, 0.15) is 6.29 Å². The van der Waals surface area contributed by atoms with Gasteiger partial charge in [-0.2, -0.15) is 0 Å². The van der Waals surface area contributed by atoms with Gasteiger partial charge in [0.2, 0.25) is 0 Å². The van der Waals surface area contributed by atoms with E-state index in [-0.39, 0.29) is 0 Å². The summed E-state index contributed by atoms with van der Waals surface area (Å²) in [5.74, 6) is 1.84. The molecular weight excluding hydrogens is 244 g/mol. The monoisotopic (exact) mass is 282 g/mol. The zero-order valence-corrected chi connectivity index (χ0v) is 14.3. The lowest BCUT2D eigenvalue weighted by Gasteiger charge is -2.14. The first-order valence-electron chi connectivity index (χ1n) is 9.14. The average molecular weight is 283 g/mol. The topological polar surface area (TPSA) is 17.1 Å². The Kier molecular flexibility index (Phi) is 14.8. The summed E-state index contributed by atoms with van der Waals surface area (Å²) in [5.41, 5.74) is 0. The number of carbonyl (C=O) groups is 1. The van der Waals surface area contributed by atoms with Crippen LogP contribution in [0, 0.1) is 11.8 Å². The molecule has 0 spiro atoms. The Bertz CT molecular complexity index is 200. The van der Waals surface area contributed by atoms with Crippen LogP contribution in [0.5, 0.6) is 0 Å². The molecule has 0 radical (unpaired) electrons. The third kappa shape index (κ3) is 14.1. The highest BCUT2D eigenvalue weighted by Crippen LogP contribution is 2.20. The van der Waals surface area contributed by atoms with Crippen molar-refractivity contribution < 1.29 is 4.79 Å². The predicted molar refractivity (Wildman–Crippen MR) is 90.1 cm³/mol. The van der Waals surface area contributed by atoms with Crippen molar-refractivity contribution in [3.05, 3.63) is 0 Å². The van der Waals surface area contributed by atoms with E-state index in [1.54, 1.807) is 0 Å². The van der Waals surface area contributed by atoms with Crippen molar-refractivity contribution in [3.63, 3.8) is 0 Å². The number of rotatable bonds is 15. The largest absolute Gasteiger partial charge is 0.303 e. The van der Waals surface area contributed by atoms with E-state index < -0.39 is 0 Å². The smallest absolute Gasteiger partial charge is 0.119 e. The first kappa shape index (κ1) is 19.7. The maximum Gasteiger partial charge on any atom is 0.119 e. The normalized spacial score (nSPS) is 14.2. The minimum Gasteiger partial charge on any atom is -0.303 e. The maximum atomic E-state index is 10.2. The lowest BCUT2D eigenvalue weighted by atomic mass is 9.92. The van der Waals surface area contributed by atoms with Gasteiger partial charge in [-0.05, 0) is 18.3 Å². The zero-order chi connectivity index (χ0) is 15.1. The molecule has 120 valence electrons. The first-order chi connectivity index (χ1) is 9.70. The van der Waals surface area contributed by atoms with Crippen LogP contribution >= 0.6 is 0 Å². The van der Waals surface area contributed by atoms with Crippen molar-refractivity contribution in [2.45, 2.75) is 104 Å². The fourth-order valence-corrected chi connectivity index (χ4v) is 2.91. The maximum absolute atomic E-state index is 10.2. The van der Waals surface area contributed by atoms with Gasteiger partial charge in [-0.3, -0.25) is 0 Å². The highest BCUT2D eigenvalue weighted by atomic mass is 16.1. The van der Waals surface area contributed by atoms with Gasteiger partial charge in [-0.25, -0.2) is 0 Å². The van der Waals surface area contributed by atoms with Crippen LogP contribution in [0.2, 0.25) is 0 Å². The van der Waals surface area contributed by atoms with E-state index in [0.717, 1.165) is 31.0 Å². The van der Waals surface area contributed by atoms with Crippen LogP contribution in [0.3, 0.4) is 0 Å². The summed E-state index contributed by atoms with van der Waals surface area (Å²) in [7, 11) is 0. The van der Waals surface area contributed by atoms with Crippen molar-refractivity contribution in [1.82, 2.24) is 0 Å². The van der Waals surface area contributed by atoms with Gasteiger partial charge in [0.15, 0.2) is 0 Å². The molecule has 1 heteroatoms. The summed E-state index contributed by atoms with van der Waals surface area (Å²) in [5, 5.41) is 0. The third-order valence-corrected chi connectivity index (χ3v) is 4.46. The molecule has 0 aliphatic carbocycles. The standard InChI is InChI=1S/C19H38O/c1-4-5-13-18(2)15-12-16-19(3)14-10-8-6-7-9-11-17-20/h17-19H,4-16H2,1-3H3/t18-,19-/m1/s1. The molecule has 0 aliphatic rings. The highest BCUT2D eigenvalue weighted by Gasteiger charge is 2.05. The quantitative estimate of drug-likeness (QED) is 0.246. The van der Waals surface area contributed by atoms with Crippen LogP contribution in [0.1, 0.15) is 104 Å². The summed E-state index contributed by atoms with van der Waals surface area (Å²) in [4.78, 5) is 10.2. The van der Waals surface area contributed by atoms with Crippen LogP contribution in [0.15, 0.2) is 0 Å². The summed E-state index contributed by atoms with van der Waals surface area (Å²) < 4.78 is 0.